The first kappa shape index (κ1) is 16.3. The fraction of sp³-hybridized carbons (Fsp3) is 0.533. The summed E-state index contributed by atoms with van der Waals surface area (Å²) in [5, 5.41) is 0.783. The van der Waals surface area contributed by atoms with Gasteiger partial charge in [-0.25, -0.2) is 0 Å². The smallest absolute Gasteiger partial charge is 0.164 e. The topological polar surface area (TPSA) is 26.3 Å². The Bertz CT molecular complexity index is 476. The second-order valence-electron chi connectivity index (χ2n) is 5.86. The minimum atomic E-state index is 0.0111. The van der Waals surface area contributed by atoms with Crippen LogP contribution in [0, 0.1) is 11.3 Å². The quantitative estimate of drug-likeness (QED) is 0.709. The Labute approximate surface area is 125 Å². The molecule has 0 bridgehead atoms. The van der Waals surface area contributed by atoms with Crippen LogP contribution in [-0.2, 0) is 0 Å². The maximum atomic E-state index is 12.3. The lowest BCUT2D eigenvalue weighted by molar-refractivity contribution is 0.0927. The highest BCUT2D eigenvalue weighted by atomic mass is 35.5. The van der Waals surface area contributed by atoms with E-state index < -0.39 is 0 Å². The van der Waals surface area contributed by atoms with Gasteiger partial charge in [0.25, 0.3) is 0 Å². The van der Waals surface area contributed by atoms with Gasteiger partial charge in [0.2, 0.25) is 0 Å². The van der Waals surface area contributed by atoms with Crippen molar-refractivity contribution >= 4 is 29.0 Å². The average Bonchev–Trinajstić information content (AvgIpc) is 2.30. The summed E-state index contributed by atoms with van der Waals surface area (Å²) in [6.07, 6.45) is 0.450. The number of rotatable bonds is 4. The van der Waals surface area contributed by atoms with E-state index in [2.05, 4.69) is 27.7 Å². The third-order valence-electron chi connectivity index (χ3n) is 3.51. The maximum Gasteiger partial charge on any atom is 0.164 e. The molecule has 0 fully saturated rings. The molecule has 1 rings (SSSR count). The minimum absolute atomic E-state index is 0.0111. The molecule has 0 heterocycles. The number of benzene rings is 1. The molecule has 0 aliphatic carbocycles. The highest BCUT2D eigenvalue weighted by molar-refractivity contribution is 6.36. The Morgan fingerprint density at radius 1 is 1.26 bits per heavy atom. The highest BCUT2D eigenvalue weighted by Crippen LogP contribution is 2.34. The molecule has 0 radical (unpaired) electrons. The van der Waals surface area contributed by atoms with E-state index in [1.54, 1.807) is 12.1 Å². The molecule has 0 N–H and O–H groups in total. The van der Waals surface area contributed by atoms with E-state index in [1.807, 2.05) is 0 Å². The predicted octanol–water partition coefficient (Wildman–Crippen LogP) is 5.26. The van der Waals surface area contributed by atoms with Gasteiger partial charge in [0.1, 0.15) is 5.75 Å². The van der Waals surface area contributed by atoms with Gasteiger partial charge in [-0.05, 0) is 17.4 Å². The Kier molecular flexibility index (Phi) is 5.28. The highest BCUT2D eigenvalue weighted by Gasteiger charge is 2.24. The molecule has 1 aromatic rings. The molecular weight excluding hydrogens is 283 g/mol. The third kappa shape index (κ3) is 4.12. The second-order valence-corrected chi connectivity index (χ2v) is 6.68. The lowest BCUT2D eigenvalue weighted by Gasteiger charge is -2.26. The van der Waals surface area contributed by atoms with Crippen molar-refractivity contribution in [1.82, 2.24) is 0 Å². The van der Waals surface area contributed by atoms with Gasteiger partial charge in [-0.2, -0.15) is 0 Å². The summed E-state index contributed by atoms with van der Waals surface area (Å²) in [6, 6.07) is 3.17. The van der Waals surface area contributed by atoms with Crippen LogP contribution in [0.5, 0.6) is 5.75 Å². The van der Waals surface area contributed by atoms with Crippen molar-refractivity contribution in [3.05, 3.63) is 27.7 Å². The van der Waals surface area contributed by atoms with Crippen molar-refractivity contribution in [3.8, 4) is 5.75 Å². The summed E-state index contributed by atoms with van der Waals surface area (Å²) < 4.78 is 5.07. The van der Waals surface area contributed by atoms with E-state index in [4.69, 9.17) is 27.9 Å². The first-order chi connectivity index (χ1) is 8.66. The number of ether oxygens (including phenoxy) is 1. The van der Waals surface area contributed by atoms with E-state index in [9.17, 15) is 4.79 Å². The molecule has 0 aliphatic heterocycles. The van der Waals surface area contributed by atoms with E-state index in [0.29, 0.717) is 27.8 Å². The zero-order chi connectivity index (χ0) is 14.8. The van der Waals surface area contributed by atoms with Crippen molar-refractivity contribution in [2.45, 2.75) is 34.1 Å². The number of carbonyl (C=O) groups is 1. The summed E-state index contributed by atoms with van der Waals surface area (Å²) in [5.41, 5.74) is 0.543. The SMILES string of the molecule is COc1cc(Cl)c(C(=O)CC(C)C(C)(C)C)cc1Cl. The van der Waals surface area contributed by atoms with Gasteiger partial charge in [-0.15, -0.1) is 0 Å². The molecule has 4 heteroatoms. The lowest BCUT2D eigenvalue weighted by atomic mass is 9.78. The number of halogens is 2. The predicted molar refractivity (Wildman–Crippen MR) is 80.6 cm³/mol. The van der Waals surface area contributed by atoms with Gasteiger partial charge in [0.05, 0.1) is 17.2 Å². The Hall–Kier alpha value is -0.730. The summed E-state index contributed by atoms with van der Waals surface area (Å²) in [5.74, 6) is 0.751. The first-order valence-electron chi connectivity index (χ1n) is 6.23. The summed E-state index contributed by atoms with van der Waals surface area (Å²) in [4.78, 5) is 12.3. The molecular formula is C15H20Cl2O2. The van der Waals surface area contributed by atoms with Crippen LogP contribution in [0.2, 0.25) is 10.0 Å². The summed E-state index contributed by atoms with van der Waals surface area (Å²) in [7, 11) is 1.51. The zero-order valence-electron chi connectivity index (χ0n) is 12.0. The second kappa shape index (κ2) is 6.15. The lowest BCUT2D eigenvalue weighted by Crippen LogP contribution is -2.20. The zero-order valence-corrected chi connectivity index (χ0v) is 13.5. The van der Waals surface area contributed by atoms with E-state index in [-0.39, 0.29) is 17.1 Å². The Morgan fingerprint density at radius 3 is 2.32 bits per heavy atom. The van der Waals surface area contributed by atoms with Gasteiger partial charge < -0.3 is 4.74 Å². The van der Waals surface area contributed by atoms with Gasteiger partial charge in [-0.3, -0.25) is 4.79 Å². The van der Waals surface area contributed by atoms with Crippen molar-refractivity contribution in [2.24, 2.45) is 11.3 Å². The first-order valence-corrected chi connectivity index (χ1v) is 6.98. The molecule has 1 aromatic carbocycles. The van der Waals surface area contributed by atoms with Gasteiger partial charge >= 0.3 is 0 Å². The molecule has 0 saturated heterocycles. The number of hydrogen-bond acceptors (Lipinski definition) is 2. The van der Waals surface area contributed by atoms with E-state index in [1.165, 1.54) is 7.11 Å². The number of Topliss-reactive ketones (excluding diaryl/α,β-unsaturated/α-hetero) is 1. The van der Waals surface area contributed by atoms with E-state index in [0.717, 1.165) is 0 Å². The van der Waals surface area contributed by atoms with Gasteiger partial charge in [0.15, 0.2) is 5.78 Å². The van der Waals surface area contributed by atoms with Gasteiger partial charge in [-0.1, -0.05) is 50.9 Å². The Balaban J connectivity index is 2.98. The maximum absolute atomic E-state index is 12.3. The molecule has 106 valence electrons. The van der Waals surface area contributed by atoms with E-state index >= 15 is 0 Å². The van der Waals surface area contributed by atoms with Crippen molar-refractivity contribution in [3.63, 3.8) is 0 Å². The number of hydrogen-bond donors (Lipinski definition) is 0. The number of ketones is 1. The van der Waals surface area contributed by atoms with Crippen LogP contribution in [0.15, 0.2) is 12.1 Å². The standard InChI is InChI=1S/C15H20Cl2O2/c1-9(15(2,3)4)6-13(18)10-7-12(17)14(19-5)8-11(10)16/h7-9H,6H2,1-5H3. The largest absolute Gasteiger partial charge is 0.495 e. The fourth-order valence-electron chi connectivity index (χ4n) is 1.59. The molecule has 0 spiro atoms. The minimum Gasteiger partial charge on any atom is -0.495 e. The number of carbonyl (C=O) groups excluding carboxylic acids is 1. The molecule has 19 heavy (non-hydrogen) atoms. The third-order valence-corrected chi connectivity index (χ3v) is 4.12. The molecule has 1 unspecified atom stereocenters. The molecule has 0 amide bonds. The molecule has 0 aromatic heterocycles. The van der Waals surface area contributed by atoms with Crippen molar-refractivity contribution < 1.29 is 9.53 Å². The van der Waals surface area contributed by atoms with Crippen LogP contribution >= 0.6 is 23.2 Å². The fourth-order valence-corrected chi connectivity index (χ4v) is 2.09. The van der Waals surface area contributed by atoms with Gasteiger partial charge in [0, 0.05) is 18.1 Å². The summed E-state index contributed by atoms with van der Waals surface area (Å²) >= 11 is 12.1. The van der Waals surface area contributed by atoms with Crippen LogP contribution in [-0.4, -0.2) is 12.9 Å². The normalized spacial score (nSPS) is 13.2. The molecule has 0 aliphatic rings. The van der Waals surface area contributed by atoms with Crippen LogP contribution < -0.4 is 4.74 Å². The van der Waals surface area contributed by atoms with Crippen molar-refractivity contribution in [1.29, 1.82) is 0 Å². The van der Waals surface area contributed by atoms with Crippen LogP contribution in [0.25, 0.3) is 0 Å². The monoisotopic (exact) mass is 302 g/mol. The van der Waals surface area contributed by atoms with Crippen molar-refractivity contribution in [2.75, 3.05) is 7.11 Å². The molecule has 2 nitrogen and oxygen atoms in total. The van der Waals surface area contributed by atoms with Crippen LogP contribution in [0.3, 0.4) is 0 Å². The summed E-state index contributed by atoms with van der Waals surface area (Å²) in [6.45, 7) is 8.42. The molecule has 0 saturated carbocycles. The Morgan fingerprint density at radius 2 is 1.84 bits per heavy atom. The van der Waals surface area contributed by atoms with Crippen LogP contribution in [0.4, 0.5) is 0 Å². The molecule has 1 atom stereocenters. The van der Waals surface area contributed by atoms with Crippen LogP contribution in [0.1, 0.15) is 44.5 Å². The number of methoxy groups -OCH3 is 1. The average molecular weight is 303 g/mol.